The maximum absolute atomic E-state index is 12.0. The van der Waals surface area contributed by atoms with Crippen LogP contribution in [0.5, 0.6) is 5.88 Å². The number of aromatic amines is 3. The Morgan fingerprint density at radius 3 is 2.62 bits per heavy atom. The van der Waals surface area contributed by atoms with E-state index in [0.29, 0.717) is 12.3 Å². The highest BCUT2D eigenvalue weighted by Crippen LogP contribution is 2.30. The number of hydrogen-bond acceptors (Lipinski definition) is 7. The fraction of sp³-hybridized carbons (Fsp3) is 0.429. The van der Waals surface area contributed by atoms with Crippen molar-refractivity contribution in [3.63, 3.8) is 0 Å². The lowest BCUT2D eigenvalue weighted by atomic mass is 9.90. The van der Waals surface area contributed by atoms with Crippen LogP contribution in [0.2, 0.25) is 0 Å². The molecule has 24 heavy (non-hydrogen) atoms. The smallest absolute Gasteiger partial charge is 0.283 e. The number of ether oxygens (including phenoxy) is 1. The van der Waals surface area contributed by atoms with Gasteiger partial charge in [-0.05, 0) is 19.1 Å². The van der Waals surface area contributed by atoms with E-state index in [1.54, 1.807) is 6.92 Å². The molecule has 2 aromatic heterocycles. The molecule has 2 rings (SSSR count). The van der Waals surface area contributed by atoms with Gasteiger partial charge in [-0.3, -0.25) is 14.9 Å². The number of aromatic nitrogens is 4. The first-order chi connectivity index (χ1) is 11.3. The van der Waals surface area contributed by atoms with Crippen LogP contribution in [-0.2, 0) is 5.41 Å². The molecule has 0 spiro atoms. The summed E-state index contributed by atoms with van der Waals surface area (Å²) in [6.07, 6.45) is 0. The van der Waals surface area contributed by atoms with Crippen LogP contribution in [0.1, 0.15) is 39.0 Å². The molecule has 0 amide bonds. The lowest BCUT2D eigenvalue weighted by Gasteiger charge is -2.15. The first-order valence-electron chi connectivity index (χ1n) is 7.18. The molecule has 0 aliphatic carbocycles. The Bertz CT molecular complexity index is 924. The third-order valence-corrected chi connectivity index (χ3v) is 3.23. The zero-order valence-electron chi connectivity index (χ0n) is 13.7. The molecule has 0 saturated heterocycles. The number of rotatable bonds is 4. The largest absolute Gasteiger partial charge is 0.478 e. The van der Waals surface area contributed by atoms with Gasteiger partial charge in [-0.15, -0.1) is 10.2 Å². The molecule has 0 atom stereocenters. The van der Waals surface area contributed by atoms with Crippen LogP contribution >= 0.6 is 12.2 Å². The minimum Gasteiger partial charge on any atom is -0.478 e. The molecule has 10 heteroatoms. The topological polar surface area (TPSA) is 135 Å². The second-order valence-corrected chi connectivity index (χ2v) is 6.29. The fourth-order valence-corrected chi connectivity index (χ4v) is 2.13. The van der Waals surface area contributed by atoms with E-state index in [4.69, 9.17) is 17.0 Å². The average Bonchev–Trinajstić information content (AvgIpc) is 2.89. The van der Waals surface area contributed by atoms with Crippen molar-refractivity contribution in [2.45, 2.75) is 33.1 Å². The summed E-state index contributed by atoms with van der Waals surface area (Å²) >= 11 is 4.90. The van der Waals surface area contributed by atoms with Crippen LogP contribution in [0.4, 0.5) is 11.5 Å². The Labute approximate surface area is 142 Å². The SMILES string of the molecule is CCOc1[nH]c(=S)[nH]c(=O)c1N=Nc1n[nH]c(C(C)(C)C)c1C#N. The van der Waals surface area contributed by atoms with Crippen LogP contribution in [0.3, 0.4) is 0 Å². The van der Waals surface area contributed by atoms with E-state index in [1.807, 2.05) is 20.8 Å². The minimum atomic E-state index is -0.545. The van der Waals surface area contributed by atoms with Gasteiger partial charge >= 0.3 is 0 Å². The van der Waals surface area contributed by atoms with Gasteiger partial charge in [0.05, 0.1) is 12.3 Å². The first kappa shape index (κ1) is 17.6. The standard InChI is InChI=1S/C14H17N7O2S/c1-5-23-12-8(11(22)16-13(24)17-12)18-20-10-7(6-15)9(19-21-10)14(2,3)4/h5H2,1-4H3,(H,19,21)(H2,16,17,22,24). The zero-order chi connectivity index (χ0) is 17.9. The van der Waals surface area contributed by atoms with E-state index in [1.165, 1.54) is 0 Å². The first-order valence-corrected chi connectivity index (χ1v) is 7.58. The number of nitriles is 1. The molecular weight excluding hydrogens is 330 g/mol. The van der Waals surface area contributed by atoms with E-state index in [9.17, 15) is 10.1 Å². The van der Waals surface area contributed by atoms with Gasteiger partial charge in [0.25, 0.3) is 5.56 Å². The van der Waals surface area contributed by atoms with E-state index in [0.717, 1.165) is 0 Å². The molecule has 0 radical (unpaired) electrons. The molecule has 0 aliphatic rings. The molecule has 3 N–H and O–H groups in total. The Balaban J connectivity index is 2.51. The fourth-order valence-electron chi connectivity index (χ4n) is 1.95. The second kappa shape index (κ2) is 6.76. The summed E-state index contributed by atoms with van der Waals surface area (Å²) in [6.45, 7) is 7.90. The maximum atomic E-state index is 12.0. The lowest BCUT2D eigenvalue weighted by molar-refractivity contribution is 0.326. The Kier molecular flexibility index (Phi) is 4.94. The summed E-state index contributed by atoms with van der Waals surface area (Å²) in [5, 5.41) is 24.0. The maximum Gasteiger partial charge on any atom is 0.283 e. The highest BCUT2D eigenvalue weighted by Gasteiger charge is 2.24. The number of nitrogens with zero attached hydrogens (tertiary/aromatic N) is 4. The van der Waals surface area contributed by atoms with E-state index in [2.05, 4.69) is 36.5 Å². The summed E-state index contributed by atoms with van der Waals surface area (Å²) < 4.78 is 5.43. The van der Waals surface area contributed by atoms with Crippen molar-refractivity contribution in [2.24, 2.45) is 10.2 Å². The summed E-state index contributed by atoms with van der Waals surface area (Å²) in [7, 11) is 0. The highest BCUT2D eigenvalue weighted by atomic mass is 32.1. The van der Waals surface area contributed by atoms with Crippen molar-refractivity contribution in [1.29, 1.82) is 5.26 Å². The third kappa shape index (κ3) is 3.57. The number of H-pyrrole nitrogens is 3. The van der Waals surface area contributed by atoms with Crippen molar-refractivity contribution in [1.82, 2.24) is 20.2 Å². The summed E-state index contributed by atoms with van der Waals surface area (Å²) in [5.41, 5.74) is -0.00193. The Morgan fingerprint density at radius 2 is 2.04 bits per heavy atom. The van der Waals surface area contributed by atoms with Crippen molar-refractivity contribution in [3.05, 3.63) is 26.4 Å². The molecule has 126 valence electrons. The number of azo groups is 1. The number of hydrogen-bond donors (Lipinski definition) is 3. The van der Waals surface area contributed by atoms with Crippen molar-refractivity contribution in [2.75, 3.05) is 6.61 Å². The van der Waals surface area contributed by atoms with Gasteiger partial charge in [-0.2, -0.15) is 10.4 Å². The Morgan fingerprint density at radius 1 is 1.33 bits per heavy atom. The predicted octanol–water partition coefficient (Wildman–Crippen LogP) is 3.14. The quantitative estimate of drug-likeness (QED) is 0.576. The van der Waals surface area contributed by atoms with E-state index >= 15 is 0 Å². The molecule has 2 heterocycles. The Hall–Kier alpha value is -2.80. The molecule has 9 nitrogen and oxygen atoms in total. The third-order valence-electron chi connectivity index (χ3n) is 3.03. The average molecular weight is 347 g/mol. The van der Waals surface area contributed by atoms with Crippen molar-refractivity contribution in [3.8, 4) is 11.9 Å². The lowest BCUT2D eigenvalue weighted by Crippen LogP contribution is -2.13. The molecule has 0 bridgehead atoms. The van der Waals surface area contributed by atoms with Crippen molar-refractivity contribution >= 4 is 23.7 Å². The predicted molar refractivity (Wildman–Crippen MR) is 89.6 cm³/mol. The zero-order valence-corrected chi connectivity index (χ0v) is 14.5. The number of nitrogens with one attached hydrogen (secondary N) is 3. The van der Waals surface area contributed by atoms with E-state index < -0.39 is 5.56 Å². The van der Waals surface area contributed by atoms with Gasteiger partial charge in [0.15, 0.2) is 4.77 Å². The van der Waals surface area contributed by atoms with Gasteiger partial charge in [0.2, 0.25) is 17.4 Å². The van der Waals surface area contributed by atoms with Gasteiger partial charge in [-0.1, -0.05) is 20.8 Å². The second-order valence-electron chi connectivity index (χ2n) is 5.88. The van der Waals surface area contributed by atoms with Crippen molar-refractivity contribution < 1.29 is 4.74 Å². The molecule has 0 saturated carbocycles. The van der Waals surface area contributed by atoms with Crippen LogP contribution < -0.4 is 10.3 Å². The van der Waals surface area contributed by atoms with Crippen LogP contribution in [-0.4, -0.2) is 26.8 Å². The molecular formula is C14H17N7O2S. The van der Waals surface area contributed by atoms with Crippen LogP contribution in [0.15, 0.2) is 15.0 Å². The summed E-state index contributed by atoms with van der Waals surface area (Å²) in [4.78, 5) is 17.1. The summed E-state index contributed by atoms with van der Waals surface area (Å²) in [6, 6.07) is 2.06. The minimum absolute atomic E-state index is 0.0744. The van der Waals surface area contributed by atoms with Gasteiger partial charge in [-0.25, -0.2) is 0 Å². The molecule has 0 aliphatic heterocycles. The highest BCUT2D eigenvalue weighted by molar-refractivity contribution is 7.71. The molecule has 0 unspecified atom stereocenters. The molecule has 0 fully saturated rings. The summed E-state index contributed by atoms with van der Waals surface area (Å²) in [5.74, 6) is 0.215. The molecule has 0 aromatic carbocycles. The van der Waals surface area contributed by atoms with Gasteiger partial charge < -0.3 is 9.72 Å². The van der Waals surface area contributed by atoms with Gasteiger partial charge in [0, 0.05) is 5.41 Å². The molecule has 2 aromatic rings. The van der Waals surface area contributed by atoms with Crippen LogP contribution in [0, 0.1) is 16.1 Å². The van der Waals surface area contributed by atoms with E-state index in [-0.39, 0.29) is 33.1 Å². The monoisotopic (exact) mass is 347 g/mol. The normalized spacial score (nSPS) is 11.6. The van der Waals surface area contributed by atoms with Gasteiger partial charge in [0.1, 0.15) is 11.6 Å². The van der Waals surface area contributed by atoms with Crippen LogP contribution in [0.25, 0.3) is 0 Å².